The van der Waals surface area contributed by atoms with Gasteiger partial charge in [-0.25, -0.2) is 14.6 Å². The summed E-state index contributed by atoms with van der Waals surface area (Å²) in [4.78, 5) is 23.3. The van der Waals surface area contributed by atoms with E-state index in [1.54, 1.807) is 31.2 Å². The minimum absolute atomic E-state index is 0.121. The number of rotatable bonds is 6. The van der Waals surface area contributed by atoms with Crippen molar-refractivity contribution in [3.05, 3.63) is 69.8 Å². The first kappa shape index (κ1) is 19.1. The molecule has 0 atom stereocenters. The van der Waals surface area contributed by atoms with Crippen LogP contribution in [0.3, 0.4) is 0 Å². The molecule has 28 heavy (non-hydrogen) atoms. The average Bonchev–Trinajstić information content (AvgIpc) is 2.66. The van der Waals surface area contributed by atoms with Gasteiger partial charge in [0.15, 0.2) is 18.2 Å². The fourth-order valence-electron chi connectivity index (χ4n) is 2.52. The van der Waals surface area contributed by atoms with Crippen LogP contribution in [0.1, 0.15) is 11.1 Å². The summed E-state index contributed by atoms with van der Waals surface area (Å²) in [5.41, 5.74) is 3.46. The highest BCUT2D eigenvalue weighted by molar-refractivity contribution is 5.83. The molecule has 1 aromatic heterocycles. The fraction of sp³-hybridized carbons (Fsp3) is 0.150. The second kappa shape index (κ2) is 8.34. The Morgan fingerprint density at radius 2 is 2.07 bits per heavy atom. The van der Waals surface area contributed by atoms with E-state index in [4.69, 9.17) is 13.9 Å². The number of halogens is 1. The Bertz CT molecular complexity index is 1110. The number of hydrogen-bond acceptors (Lipinski definition) is 6. The molecule has 0 aliphatic rings. The number of carbonyl (C=O) groups excluding carboxylic acids is 1. The van der Waals surface area contributed by atoms with E-state index >= 15 is 0 Å². The van der Waals surface area contributed by atoms with Crippen LogP contribution in [-0.2, 0) is 4.79 Å². The maximum absolute atomic E-state index is 13.6. The summed E-state index contributed by atoms with van der Waals surface area (Å²) in [5.74, 6) is -0.538. The molecule has 0 spiro atoms. The highest BCUT2D eigenvalue weighted by Crippen LogP contribution is 2.22. The van der Waals surface area contributed by atoms with Crippen molar-refractivity contribution in [1.82, 2.24) is 5.43 Å². The second-order valence-electron chi connectivity index (χ2n) is 5.88. The largest absolute Gasteiger partial charge is 0.494 e. The van der Waals surface area contributed by atoms with Gasteiger partial charge in [0.2, 0.25) is 0 Å². The van der Waals surface area contributed by atoms with E-state index in [1.807, 2.05) is 0 Å². The zero-order valence-electron chi connectivity index (χ0n) is 15.2. The van der Waals surface area contributed by atoms with Crippen molar-refractivity contribution in [3.63, 3.8) is 0 Å². The van der Waals surface area contributed by atoms with Gasteiger partial charge in [0.1, 0.15) is 11.3 Å². The van der Waals surface area contributed by atoms with Crippen molar-refractivity contribution in [3.8, 4) is 11.5 Å². The molecule has 0 saturated carbocycles. The molecular weight excluding hydrogens is 367 g/mol. The molecule has 1 amide bonds. The smallest absolute Gasteiger partial charge is 0.336 e. The Balaban J connectivity index is 1.57. The topological polar surface area (TPSA) is 90.1 Å². The summed E-state index contributed by atoms with van der Waals surface area (Å²) >= 11 is 0. The molecule has 0 bridgehead atoms. The van der Waals surface area contributed by atoms with Gasteiger partial charge in [-0.2, -0.15) is 5.10 Å². The number of ether oxygens (including phenoxy) is 2. The first-order valence-electron chi connectivity index (χ1n) is 8.29. The molecule has 2 aromatic carbocycles. The number of nitrogens with zero attached hydrogens (tertiary/aromatic N) is 1. The third-order valence-corrected chi connectivity index (χ3v) is 3.87. The van der Waals surface area contributed by atoms with Gasteiger partial charge in [-0.15, -0.1) is 0 Å². The highest BCUT2D eigenvalue weighted by atomic mass is 19.1. The van der Waals surface area contributed by atoms with Crippen LogP contribution in [0.5, 0.6) is 11.5 Å². The monoisotopic (exact) mass is 384 g/mol. The van der Waals surface area contributed by atoms with Crippen molar-refractivity contribution in [2.75, 3.05) is 13.7 Å². The maximum atomic E-state index is 13.6. The van der Waals surface area contributed by atoms with Crippen LogP contribution in [0.25, 0.3) is 11.0 Å². The molecule has 0 aliphatic heterocycles. The summed E-state index contributed by atoms with van der Waals surface area (Å²) in [7, 11) is 1.37. The van der Waals surface area contributed by atoms with E-state index in [0.717, 1.165) is 10.9 Å². The quantitative estimate of drug-likeness (QED) is 0.401. The number of aryl methyl sites for hydroxylation is 1. The van der Waals surface area contributed by atoms with Gasteiger partial charge in [-0.1, -0.05) is 0 Å². The summed E-state index contributed by atoms with van der Waals surface area (Å²) < 4.78 is 28.9. The standard InChI is InChI=1S/C20H17FN2O5/c1-12-7-20(25)28-18-9-14(4-5-15(12)18)27-11-19(24)23-22-10-13-3-6-17(26-2)16(21)8-13/h3-10H,11H2,1-2H3,(H,23,24)/b22-10-. The Morgan fingerprint density at radius 3 is 2.82 bits per heavy atom. The van der Waals surface area contributed by atoms with Crippen molar-refractivity contribution in [2.45, 2.75) is 6.92 Å². The lowest BCUT2D eigenvalue weighted by atomic mass is 10.1. The van der Waals surface area contributed by atoms with Crippen LogP contribution in [-0.4, -0.2) is 25.8 Å². The lowest BCUT2D eigenvalue weighted by Gasteiger charge is -2.06. The van der Waals surface area contributed by atoms with Crippen LogP contribution in [0.15, 0.2) is 56.8 Å². The van der Waals surface area contributed by atoms with Gasteiger partial charge < -0.3 is 13.9 Å². The summed E-state index contributed by atoms with van der Waals surface area (Å²) in [6.45, 7) is 1.51. The van der Waals surface area contributed by atoms with Gasteiger partial charge in [-0.05, 0) is 48.4 Å². The lowest BCUT2D eigenvalue weighted by molar-refractivity contribution is -0.123. The van der Waals surface area contributed by atoms with Gasteiger partial charge in [0.05, 0.1) is 13.3 Å². The molecule has 3 aromatic rings. The number of hydrazone groups is 1. The normalized spacial score (nSPS) is 11.0. The summed E-state index contributed by atoms with van der Waals surface area (Å²) in [6, 6.07) is 10.7. The molecule has 0 fully saturated rings. The van der Waals surface area contributed by atoms with E-state index in [-0.39, 0.29) is 12.4 Å². The Kier molecular flexibility index (Phi) is 5.69. The minimum atomic E-state index is -0.528. The molecule has 0 unspecified atom stereocenters. The molecule has 144 valence electrons. The van der Waals surface area contributed by atoms with Crippen molar-refractivity contribution < 1.29 is 23.1 Å². The van der Waals surface area contributed by atoms with Gasteiger partial charge in [-0.3, -0.25) is 4.79 Å². The van der Waals surface area contributed by atoms with Crippen LogP contribution >= 0.6 is 0 Å². The summed E-state index contributed by atoms with van der Waals surface area (Å²) in [6.07, 6.45) is 1.30. The Morgan fingerprint density at radius 1 is 1.25 bits per heavy atom. The number of methoxy groups -OCH3 is 1. The van der Waals surface area contributed by atoms with Crippen LogP contribution in [0.4, 0.5) is 4.39 Å². The molecule has 8 heteroatoms. The minimum Gasteiger partial charge on any atom is -0.494 e. The van der Waals surface area contributed by atoms with Crippen LogP contribution in [0.2, 0.25) is 0 Å². The van der Waals surface area contributed by atoms with Gasteiger partial charge in [0, 0.05) is 17.5 Å². The number of amides is 1. The Hall–Kier alpha value is -3.68. The van der Waals surface area contributed by atoms with E-state index in [9.17, 15) is 14.0 Å². The summed E-state index contributed by atoms with van der Waals surface area (Å²) in [5, 5.41) is 4.54. The lowest BCUT2D eigenvalue weighted by Crippen LogP contribution is -2.24. The average molecular weight is 384 g/mol. The molecule has 7 nitrogen and oxygen atoms in total. The van der Waals surface area contributed by atoms with Crippen molar-refractivity contribution in [1.29, 1.82) is 0 Å². The zero-order chi connectivity index (χ0) is 20.1. The highest BCUT2D eigenvalue weighted by Gasteiger charge is 2.06. The van der Waals surface area contributed by atoms with E-state index in [0.29, 0.717) is 16.9 Å². The van der Waals surface area contributed by atoms with Crippen molar-refractivity contribution in [2.24, 2.45) is 5.10 Å². The molecule has 3 rings (SSSR count). The fourth-order valence-corrected chi connectivity index (χ4v) is 2.52. The zero-order valence-corrected chi connectivity index (χ0v) is 15.2. The van der Waals surface area contributed by atoms with Gasteiger partial charge in [0.25, 0.3) is 5.91 Å². The number of benzene rings is 2. The SMILES string of the molecule is COc1ccc(/C=N\NC(=O)COc2ccc3c(C)cc(=O)oc3c2)cc1F. The Labute approximate surface area is 159 Å². The molecule has 0 aliphatic carbocycles. The van der Waals surface area contributed by atoms with E-state index < -0.39 is 17.3 Å². The number of hydrogen-bond donors (Lipinski definition) is 1. The molecule has 1 heterocycles. The number of nitrogens with one attached hydrogen (secondary N) is 1. The molecule has 1 N–H and O–H groups in total. The first-order chi connectivity index (χ1) is 13.5. The predicted molar refractivity (Wildman–Crippen MR) is 101 cm³/mol. The van der Waals surface area contributed by atoms with Crippen molar-refractivity contribution >= 4 is 23.1 Å². The van der Waals surface area contributed by atoms with Gasteiger partial charge >= 0.3 is 5.63 Å². The third-order valence-electron chi connectivity index (χ3n) is 3.87. The van der Waals surface area contributed by atoms with Crippen LogP contribution < -0.4 is 20.5 Å². The maximum Gasteiger partial charge on any atom is 0.336 e. The van der Waals surface area contributed by atoms with E-state index in [2.05, 4.69) is 10.5 Å². The second-order valence-corrected chi connectivity index (χ2v) is 5.88. The van der Waals surface area contributed by atoms with E-state index in [1.165, 1.54) is 31.5 Å². The van der Waals surface area contributed by atoms with Crippen LogP contribution in [0, 0.1) is 12.7 Å². The molecule has 0 saturated heterocycles. The first-order valence-corrected chi connectivity index (χ1v) is 8.29. The molecular formula is C20H17FN2O5. The third kappa shape index (κ3) is 4.53. The predicted octanol–water partition coefficient (Wildman–Crippen LogP) is 2.78. The molecule has 0 radical (unpaired) electrons. The number of fused-ring (bicyclic) bond motifs is 1. The number of carbonyl (C=O) groups is 1.